The van der Waals surface area contributed by atoms with Crippen molar-refractivity contribution in [1.29, 1.82) is 0 Å². The molecule has 0 radical (unpaired) electrons. The van der Waals surface area contributed by atoms with Gasteiger partial charge in [-0.15, -0.1) is 0 Å². The van der Waals surface area contributed by atoms with Crippen LogP contribution in [0.1, 0.15) is 39.8 Å². The van der Waals surface area contributed by atoms with Crippen LogP contribution in [0, 0.1) is 17.7 Å². The van der Waals surface area contributed by atoms with Crippen LogP contribution in [0.15, 0.2) is 48.5 Å². The van der Waals surface area contributed by atoms with Gasteiger partial charge in [0.1, 0.15) is 29.5 Å². The summed E-state index contributed by atoms with van der Waals surface area (Å²) in [5.41, 5.74) is 3.01. The fourth-order valence-corrected chi connectivity index (χ4v) is 6.50. The summed E-state index contributed by atoms with van der Waals surface area (Å²) in [5, 5.41) is 10.0. The molecule has 3 fully saturated rings. The van der Waals surface area contributed by atoms with Gasteiger partial charge in [-0.2, -0.15) is 0 Å². The van der Waals surface area contributed by atoms with Gasteiger partial charge in [-0.25, -0.2) is 19.2 Å². The van der Waals surface area contributed by atoms with E-state index in [4.69, 9.17) is 35.8 Å². The average molecular weight is 593 g/mol. The molecule has 1 aliphatic carbocycles. The number of likely N-dealkylation sites (tertiary alicyclic amines) is 1. The molecular formula is C31H30ClFN4O5. The van der Waals surface area contributed by atoms with Crippen LogP contribution in [0.2, 0.25) is 5.02 Å². The Morgan fingerprint density at radius 1 is 1.17 bits per heavy atom. The fourth-order valence-electron chi connectivity index (χ4n) is 6.34. The summed E-state index contributed by atoms with van der Waals surface area (Å²) >= 11 is 5.85. The molecule has 1 saturated carbocycles. The highest BCUT2D eigenvalue weighted by molar-refractivity contribution is 6.30. The molecule has 0 unspecified atom stereocenters. The number of methoxy groups -OCH3 is 1. The van der Waals surface area contributed by atoms with Gasteiger partial charge in [0.05, 0.1) is 37.4 Å². The van der Waals surface area contributed by atoms with Crippen LogP contribution in [0.5, 0.6) is 11.6 Å². The van der Waals surface area contributed by atoms with Crippen LogP contribution in [0.4, 0.5) is 4.39 Å². The molecule has 1 N–H and O–H groups in total. The van der Waals surface area contributed by atoms with E-state index in [1.165, 1.54) is 19.2 Å². The summed E-state index contributed by atoms with van der Waals surface area (Å²) in [5.74, 6) is 1.74. The Bertz CT molecular complexity index is 1660. The molecule has 0 bridgehead atoms. The van der Waals surface area contributed by atoms with Crippen molar-refractivity contribution in [2.75, 3.05) is 26.8 Å². The number of imidazole rings is 1. The highest BCUT2D eigenvalue weighted by Gasteiger charge is 2.57. The average Bonchev–Trinajstić information content (AvgIpc) is 3.26. The van der Waals surface area contributed by atoms with Crippen molar-refractivity contribution in [3.63, 3.8) is 0 Å². The Morgan fingerprint density at radius 2 is 1.98 bits per heavy atom. The van der Waals surface area contributed by atoms with E-state index in [2.05, 4.69) is 9.47 Å². The van der Waals surface area contributed by atoms with Crippen molar-refractivity contribution in [2.45, 2.75) is 38.1 Å². The first kappa shape index (κ1) is 27.1. The lowest BCUT2D eigenvalue weighted by molar-refractivity contribution is -0.0591. The summed E-state index contributed by atoms with van der Waals surface area (Å²) < 4.78 is 33.3. The van der Waals surface area contributed by atoms with Crippen molar-refractivity contribution in [3.05, 3.63) is 82.0 Å². The van der Waals surface area contributed by atoms with Crippen LogP contribution in [-0.2, 0) is 24.4 Å². The van der Waals surface area contributed by atoms with Crippen LogP contribution in [-0.4, -0.2) is 63.4 Å². The molecule has 11 heteroatoms. The maximum Gasteiger partial charge on any atom is 0.335 e. The zero-order valence-corrected chi connectivity index (χ0v) is 23.8. The van der Waals surface area contributed by atoms with Gasteiger partial charge in [0.15, 0.2) is 0 Å². The monoisotopic (exact) mass is 592 g/mol. The lowest BCUT2D eigenvalue weighted by Crippen LogP contribution is -2.33. The Morgan fingerprint density at radius 3 is 2.67 bits per heavy atom. The van der Waals surface area contributed by atoms with Crippen LogP contribution in [0.25, 0.3) is 11.0 Å². The number of nitrogens with zero attached hydrogens (tertiary/aromatic N) is 4. The Kier molecular flexibility index (Phi) is 7.00. The lowest BCUT2D eigenvalue weighted by atomic mass is 10.1. The highest BCUT2D eigenvalue weighted by atomic mass is 35.5. The number of rotatable bonds is 10. The SMILES string of the molecule is COc1cc(C(=O)O)cc2c1nc(CN1C[C@@H]3[C@H](C1)[C@H]3c1cccc(OCc3ccc(Cl)cc3F)n1)n2C[C@@H]1CCO1. The maximum absolute atomic E-state index is 14.1. The first-order chi connectivity index (χ1) is 20.4. The molecule has 7 rings (SSSR count). The molecule has 4 aromatic rings. The van der Waals surface area contributed by atoms with Gasteiger partial charge in [-0.05, 0) is 48.6 Å². The van der Waals surface area contributed by atoms with E-state index < -0.39 is 11.8 Å². The first-order valence-electron chi connectivity index (χ1n) is 14.1. The predicted molar refractivity (Wildman–Crippen MR) is 153 cm³/mol. The molecule has 0 amide bonds. The number of ether oxygens (including phenoxy) is 3. The molecule has 2 aromatic carbocycles. The van der Waals surface area contributed by atoms with Gasteiger partial charge >= 0.3 is 5.97 Å². The predicted octanol–water partition coefficient (Wildman–Crippen LogP) is 5.14. The van der Waals surface area contributed by atoms with Crippen LogP contribution < -0.4 is 9.47 Å². The number of aromatic nitrogens is 3. The Balaban J connectivity index is 1.05. The molecule has 0 spiro atoms. The van der Waals surface area contributed by atoms with E-state index in [1.54, 1.807) is 24.3 Å². The minimum Gasteiger partial charge on any atom is -0.494 e. The standard InChI is InChI=1S/C31H30ClFN4O5/c1-40-26-10-18(31(38)39)9-25-30(26)35-27(37(25)12-20-7-8-41-20)15-36-13-21-22(14-36)29(21)24-3-2-4-28(34-24)42-16-17-5-6-19(32)11-23(17)33/h2-6,9-11,20-22,29H,7-8,12-16H2,1H3,(H,38,39)/t20-,21-,22+,29+/m0/s1. The van der Waals surface area contributed by atoms with E-state index in [0.29, 0.717) is 58.6 Å². The number of carbonyl (C=O) groups is 1. The van der Waals surface area contributed by atoms with E-state index in [9.17, 15) is 14.3 Å². The number of piperidine rings is 1. The molecule has 9 nitrogen and oxygen atoms in total. The molecule has 4 atom stereocenters. The van der Waals surface area contributed by atoms with Gasteiger partial charge in [0.25, 0.3) is 0 Å². The maximum atomic E-state index is 14.1. The largest absolute Gasteiger partial charge is 0.494 e. The summed E-state index contributed by atoms with van der Waals surface area (Å²) in [4.78, 5) is 23.9. The molecule has 2 saturated heterocycles. The second-order valence-corrected chi connectivity index (χ2v) is 11.7. The zero-order chi connectivity index (χ0) is 29.0. The third-order valence-electron chi connectivity index (χ3n) is 8.66. The molecule has 4 heterocycles. The minimum atomic E-state index is -1.00. The summed E-state index contributed by atoms with van der Waals surface area (Å²) in [6.07, 6.45) is 1.06. The number of hydrogen-bond donors (Lipinski definition) is 1. The van der Waals surface area contributed by atoms with Gasteiger partial charge in [-0.3, -0.25) is 4.90 Å². The van der Waals surface area contributed by atoms with E-state index in [1.807, 2.05) is 12.1 Å². The van der Waals surface area contributed by atoms with E-state index in [-0.39, 0.29) is 18.3 Å². The molecule has 2 aromatic heterocycles. The van der Waals surface area contributed by atoms with Crippen molar-refractivity contribution >= 4 is 28.6 Å². The van der Waals surface area contributed by atoms with E-state index >= 15 is 0 Å². The number of carboxylic acid groups (broad SMARTS) is 1. The highest BCUT2D eigenvalue weighted by Crippen LogP contribution is 2.58. The Hall–Kier alpha value is -3.73. The number of hydrogen-bond acceptors (Lipinski definition) is 7. The number of halogens is 2. The third-order valence-corrected chi connectivity index (χ3v) is 8.89. The summed E-state index contributed by atoms with van der Waals surface area (Å²) in [7, 11) is 1.53. The Labute approximate surface area is 246 Å². The third kappa shape index (κ3) is 5.08. The van der Waals surface area contributed by atoms with Gasteiger partial charge < -0.3 is 23.9 Å². The number of benzene rings is 2. The van der Waals surface area contributed by atoms with Crippen LogP contribution in [0.3, 0.4) is 0 Å². The fraction of sp³-hybridized carbons (Fsp3) is 0.387. The first-order valence-corrected chi connectivity index (χ1v) is 14.4. The molecule has 3 aliphatic rings. The molecule has 2 aliphatic heterocycles. The second-order valence-electron chi connectivity index (χ2n) is 11.2. The van der Waals surface area contributed by atoms with Crippen molar-refractivity contribution in [2.24, 2.45) is 11.8 Å². The second kappa shape index (κ2) is 10.8. The van der Waals surface area contributed by atoms with Gasteiger partial charge in [-0.1, -0.05) is 23.7 Å². The van der Waals surface area contributed by atoms with Crippen molar-refractivity contribution < 1.29 is 28.5 Å². The van der Waals surface area contributed by atoms with Crippen molar-refractivity contribution in [1.82, 2.24) is 19.4 Å². The normalized spacial score (nSPS) is 23.0. The van der Waals surface area contributed by atoms with E-state index in [0.717, 1.165) is 43.2 Å². The number of fused-ring (bicyclic) bond motifs is 2. The lowest BCUT2D eigenvalue weighted by Gasteiger charge is -2.28. The zero-order valence-electron chi connectivity index (χ0n) is 23.0. The number of carboxylic acids is 1. The molecule has 42 heavy (non-hydrogen) atoms. The minimum absolute atomic E-state index is 0.0798. The quantitative estimate of drug-likeness (QED) is 0.270. The summed E-state index contributed by atoms with van der Waals surface area (Å²) in [6.45, 7) is 3.92. The smallest absolute Gasteiger partial charge is 0.335 e. The summed E-state index contributed by atoms with van der Waals surface area (Å²) in [6, 6.07) is 13.5. The van der Waals surface area contributed by atoms with Crippen LogP contribution >= 0.6 is 11.6 Å². The van der Waals surface area contributed by atoms with Gasteiger partial charge in [0, 0.05) is 48.0 Å². The number of aromatic carboxylic acids is 1. The van der Waals surface area contributed by atoms with Crippen molar-refractivity contribution in [3.8, 4) is 11.6 Å². The number of pyridine rings is 1. The molecular weight excluding hydrogens is 563 g/mol. The molecule has 218 valence electrons. The topological polar surface area (TPSA) is 98.9 Å². The van der Waals surface area contributed by atoms with Gasteiger partial charge in [0.2, 0.25) is 5.88 Å².